The molecule has 0 atom stereocenters. The Morgan fingerprint density at radius 2 is 1.87 bits per heavy atom. The van der Waals surface area contributed by atoms with E-state index >= 15 is 0 Å². The van der Waals surface area contributed by atoms with Gasteiger partial charge in [-0.2, -0.15) is 5.26 Å². The molecule has 160 valence electrons. The van der Waals surface area contributed by atoms with Crippen molar-refractivity contribution in [2.24, 2.45) is 0 Å². The molecule has 3 aromatic rings. The second-order valence-corrected chi connectivity index (χ2v) is 6.51. The van der Waals surface area contributed by atoms with Crippen LogP contribution in [0.15, 0.2) is 48.8 Å². The van der Waals surface area contributed by atoms with Gasteiger partial charge in [-0.05, 0) is 44.2 Å². The fourth-order valence-corrected chi connectivity index (χ4v) is 3.07. The average molecular weight is 421 g/mol. The Balaban J connectivity index is 1.58. The van der Waals surface area contributed by atoms with E-state index in [1.165, 1.54) is 0 Å². The summed E-state index contributed by atoms with van der Waals surface area (Å²) in [6.45, 7) is 4.24. The molecule has 1 N–H and O–H groups in total. The van der Waals surface area contributed by atoms with Crippen molar-refractivity contribution in [3.63, 3.8) is 0 Å². The van der Waals surface area contributed by atoms with Crippen LogP contribution in [0.2, 0.25) is 0 Å². The van der Waals surface area contributed by atoms with Gasteiger partial charge in [0.05, 0.1) is 24.3 Å². The Morgan fingerprint density at radius 1 is 1.10 bits per heavy atom. The van der Waals surface area contributed by atoms with Gasteiger partial charge in [0, 0.05) is 23.5 Å². The third kappa shape index (κ3) is 5.14. The zero-order valence-corrected chi connectivity index (χ0v) is 17.4. The van der Waals surface area contributed by atoms with E-state index in [0.717, 1.165) is 5.52 Å². The fourth-order valence-electron chi connectivity index (χ4n) is 3.07. The molecule has 1 aromatic carbocycles. The average Bonchev–Trinajstić information content (AvgIpc) is 3.15. The minimum absolute atomic E-state index is 0.0587. The summed E-state index contributed by atoms with van der Waals surface area (Å²) in [6, 6.07) is 12.5. The number of rotatable bonds is 9. The molecule has 2 aromatic heterocycles. The van der Waals surface area contributed by atoms with Crippen molar-refractivity contribution in [1.82, 2.24) is 9.72 Å². The van der Waals surface area contributed by atoms with Crippen LogP contribution in [0.5, 0.6) is 11.5 Å². The van der Waals surface area contributed by atoms with E-state index in [9.17, 15) is 14.9 Å². The van der Waals surface area contributed by atoms with Gasteiger partial charge in [0.25, 0.3) is 5.91 Å². The van der Waals surface area contributed by atoms with Crippen LogP contribution in [0.25, 0.3) is 5.52 Å². The Hall–Kier alpha value is -3.99. The van der Waals surface area contributed by atoms with Crippen molar-refractivity contribution in [1.29, 1.82) is 5.26 Å². The molecule has 2 heterocycles. The molecule has 0 saturated carbocycles. The molecule has 0 spiro atoms. The lowest BCUT2D eigenvalue weighted by atomic mass is 10.2. The molecule has 0 bridgehead atoms. The van der Waals surface area contributed by atoms with Gasteiger partial charge in [0.2, 0.25) is 0 Å². The van der Waals surface area contributed by atoms with Gasteiger partial charge in [-0.1, -0.05) is 6.07 Å². The second kappa shape index (κ2) is 10.2. The lowest BCUT2D eigenvalue weighted by molar-refractivity contribution is -0.143. The third-order valence-electron chi connectivity index (χ3n) is 4.46. The number of fused-ring (bicyclic) bond motifs is 1. The predicted octanol–water partition coefficient (Wildman–Crippen LogP) is 3.08. The molecule has 0 aliphatic carbocycles. The minimum Gasteiger partial charge on any atom is -0.490 e. The van der Waals surface area contributed by atoms with Gasteiger partial charge in [-0.15, -0.1) is 0 Å². The van der Waals surface area contributed by atoms with Gasteiger partial charge >= 0.3 is 5.97 Å². The summed E-state index contributed by atoms with van der Waals surface area (Å²) in [7, 11) is 0. The van der Waals surface area contributed by atoms with E-state index in [0.29, 0.717) is 41.4 Å². The van der Waals surface area contributed by atoms with Crippen molar-refractivity contribution in [2.75, 3.05) is 19.8 Å². The molecule has 0 unspecified atom stereocenters. The van der Waals surface area contributed by atoms with Gasteiger partial charge < -0.3 is 23.9 Å². The molecule has 8 heteroatoms. The number of nitrogens with zero attached hydrogens (tertiary/aromatic N) is 2. The number of nitrogens with one attached hydrogen (secondary N) is 1. The molecular weight excluding hydrogens is 398 g/mol. The molecule has 1 amide bonds. The van der Waals surface area contributed by atoms with Crippen molar-refractivity contribution in [3.05, 3.63) is 65.5 Å². The summed E-state index contributed by atoms with van der Waals surface area (Å²) in [5.41, 5.74) is 2.13. The largest absolute Gasteiger partial charge is 0.490 e. The van der Waals surface area contributed by atoms with Gasteiger partial charge in [0.1, 0.15) is 19.2 Å². The first-order valence-electron chi connectivity index (χ1n) is 9.89. The molecule has 0 aliphatic heterocycles. The number of hydrogen-bond donors (Lipinski definition) is 1. The number of ether oxygens (including phenoxy) is 3. The van der Waals surface area contributed by atoms with Crippen LogP contribution in [0.3, 0.4) is 0 Å². The second-order valence-electron chi connectivity index (χ2n) is 6.51. The zero-order chi connectivity index (χ0) is 22.2. The van der Waals surface area contributed by atoms with Gasteiger partial charge in [-0.3, -0.25) is 9.59 Å². The molecule has 0 saturated heterocycles. The highest BCUT2D eigenvalue weighted by Crippen LogP contribution is 2.28. The minimum atomic E-state index is -0.608. The quantitative estimate of drug-likeness (QED) is 0.533. The Kier molecular flexibility index (Phi) is 7.12. The fraction of sp³-hybridized carbons (Fsp3) is 0.261. The highest BCUT2D eigenvalue weighted by Gasteiger charge is 2.15. The van der Waals surface area contributed by atoms with Crippen LogP contribution < -0.4 is 14.8 Å². The van der Waals surface area contributed by atoms with Gasteiger partial charge in [-0.25, -0.2) is 0 Å². The van der Waals surface area contributed by atoms with Crippen LogP contribution in [0.1, 0.15) is 35.3 Å². The lowest BCUT2D eigenvalue weighted by Gasteiger charge is -2.12. The van der Waals surface area contributed by atoms with Crippen molar-refractivity contribution < 1.29 is 23.8 Å². The van der Waals surface area contributed by atoms with Crippen LogP contribution in [-0.2, 0) is 16.1 Å². The van der Waals surface area contributed by atoms with Crippen LogP contribution in [-0.4, -0.2) is 36.0 Å². The van der Waals surface area contributed by atoms with E-state index < -0.39 is 11.9 Å². The molecule has 8 nitrogen and oxygen atoms in total. The topological polar surface area (TPSA) is 102 Å². The van der Waals surface area contributed by atoms with Gasteiger partial charge in [0.15, 0.2) is 11.5 Å². The molecule has 0 fully saturated rings. The van der Waals surface area contributed by atoms with Crippen LogP contribution >= 0.6 is 0 Å². The smallest absolute Gasteiger partial charge is 0.325 e. The predicted molar refractivity (Wildman–Crippen MR) is 113 cm³/mol. The summed E-state index contributed by atoms with van der Waals surface area (Å²) in [4.78, 5) is 24.5. The molecule has 0 radical (unpaired) electrons. The Morgan fingerprint density at radius 3 is 2.61 bits per heavy atom. The maximum Gasteiger partial charge on any atom is 0.325 e. The third-order valence-corrected chi connectivity index (χ3v) is 4.46. The lowest BCUT2D eigenvalue weighted by Crippen LogP contribution is -2.30. The monoisotopic (exact) mass is 421 g/mol. The number of hydrogen-bond acceptors (Lipinski definition) is 6. The summed E-state index contributed by atoms with van der Waals surface area (Å²) in [5, 5.41) is 11.9. The summed E-state index contributed by atoms with van der Waals surface area (Å²) < 4.78 is 18.0. The SMILES string of the molecule is CCOc1ccc(C(=O)NCC(=O)OCc2cn3ccccc3c2C#N)cc1OCC. The molecule has 3 rings (SSSR count). The highest BCUT2D eigenvalue weighted by atomic mass is 16.5. The van der Waals surface area contributed by atoms with Crippen LogP contribution in [0, 0.1) is 11.3 Å². The number of nitriles is 1. The number of aromatic nitrogens is 1. The Bertz CT molecular complexity index is 1130. The van der Waals surface area contributed by atoms with Crippen molar-refractivity contribution in [3.8, 4) is 17.6 Å². The van der Waals surface area contributed by atoms with E-state index in [2.05, 4.69) is 11.4 Å². The van der Waals surface area contributed by atoms with Crippen molar-refractivity contribution >= 4 is 17.4 Å². The van der Waals surface area contributed by atoms with Crippen molar-refractivity contribution in [2.45, 2.75) is 20.5 Å². The first-order chi connectivity index (χ1) is 15.1. The number of pyridine rings is 1. The summed E-state index contributed by atoms with van der Waals surface area (Å²) in [5.74, 6) is -0.0327. The normalized spacial score (nSPS) is 10.4. The maximum atomic E-state index is 12.4. The molecule has 31 heavy (non-hydrogen) atoms. The first kappa shape index (κ1) is 21.7. The number of esters is 1. The number of carbonyl (C=O) groups excluding carboxylic acids is 2. The number of amides is 1. The number of carbonyl (C=O) groups is 2. The van der Waals surface area contributed by atoms with E-state index in [-0.39, 0.29) is 13.2 Å². The van der Waals surface area contributed by atoms with E-state index in [1.54, 1.807) is 28.8 Å². The van der Waals surface area contributed by atoms with E-state index in [1.807, 2.05) is 38.2 Å². The molecule has 0 aliphatic rings. The Labute approximate surface area is 179 Å². The number of benzene rings is 1. The van der Waals surface area contributed by atoms with Crippen LogP contribution in [0.4, 0.5) is 0 Å². The summed E-state index contributed by atoms with van der Waals surface area (Å²) in [6.07, 6.45) is 3.56. The molecular formula is C23H23N3O5. The summed E-state index contributed by atoms with van der Waals surface area (Å²) >= 11 is 0. The standard InChI is InChI=1S/C23H23N3O5/c1-3-29-20-9-8-16(11-21(20)30-4-2)23(28)25-13-22(27)31-15-17-14-26-10-6-5-7-19(26)18(17)12-24/h5-11,14H,3-4,13,15H2,1-2H3,(H,25,28). The maximum absolute atomic E-state index is 12.4. The first-order valence-corrected chi connectivity index (χ1v) is 9.89. The highest BCUT2D eigenvalue weighted by molar-refractivity contribution is 5.96. The van der Waals surface area contributed by atoms with E-state index in [4.69, 9.17) is 14.2 Å². The zero-order valence-electron chi connectivity index (χ0n) is 17.4.